The van der Waals surface area contributed by atoms with Crippen molar-refractivity contribution >= 4 is 5.91 Å². The van der Waals surface area contributed by atoms with Gasteiger partial charge in [-0.1, -0.05) is 32.6 Å². The van der Waals surface area contributed by atoms with Crippen LogP contribution in [-0.2, 0) is 4.79 Å². The van der Waals surface area contributed by atoms with E-state index in [9.17, 15) is 9.90 Å². The van der Waals surface area contributed by atoms with E-state index in [-0.39, 0.29) is 18.4 Å². The zero-order valence-corrected chi connectivity index (χ0v) is 11.6. The molecule has 0 saturated heterocycles. The van der Waals surface area contributed by atoms with E-state index < -0.39 is 12.1 Å². The van der Waals surface area contributed by atoms with Gasteiger partial charge in [-0.15, -0.1) is 0 Å². The molecule has 1 rings (SSSR count). The summed E-state index contributed by atoms with van der Waals surface area (Å²) < 4.78 is 0. The van der Waals surface area contributed by atoms with E-state index in [4.69, 9.17) is 5.11 Å². The normalized spacial score (nSPS) is 27.6. The Kier molecular flexibility index (Phi) is 6.65. The van der Waals surface area contributed by atoms with Crippen molar-refractivity contribution in [3.63, 3.8) is 0 Å². The zero-order chi connectivity index (χ0) is 13.5. The number of hydrogen-bond acceptors (Lipinski definition) is 3. The van der Waals surface area contributed by atoms with Crippen molar-refractivity contribution in [1.29, 1.82) is 0 Å². The van der Waals surface area contributed by atoms with Crippen molar-refractivity contribution in [2.75, 3.05) is 6.61 Å². The second kappa shape index (κ2) is 7.74. The molecule has 0 spiro atoms. The molecule has 1 amide bonds. The predicted molar refractivity (Wildman–Crippen MR) is 71.1 cm³/mol. The van der Waals surface area contributed by atoms with Crippen LogP contribution >= 0.6 is 0 Å². The number of aliphatic hydroxyl groups excluding tert-OH is 2. The molecule has 2 unspecified atom stereocenters. The molecule has 106 valence electrons. The van der Waals surface area contributed by atoms with Gasteiger partial charge in [0.05, 0.1) is 18.8 Å². The maximum absolute atomic E-state index is 12.1. The smallest absolute Gasteiger partial charge is 0.223 e. The number of rotatable bonds is 6. The third-order valence-electron chi connectivity index (χ3n) is 3.96. The highest BCUT2D eigenvalue weighted by Crippen LogP contribution is 2.32. The summed E-state index contributed by atoms with van der Waals surface area (Å²) >= 11 is 0. The van der Waals surface area contributed by atoms with Crippen LogP contribution in [0.25, 0.3) is 0 Å². The molecule has 1 aliphatic carbocycles. The number of aliphatic hydroxyl groups is 2. The lowest BCUT2D eigenvalue weighted by molar-refractivity contribution is -0.128. The highest BCUT2D eigenvalue weighted by atomic mass is 16.3. The van der Waals surface area contributed by atoms with Crippen LogP contribution in [0.4, 0.5) is 0 Å². The van der Waals surface area contributed by atoms with Crippen LogP contribution in [0.1, 0.15) is 52.4 Å². The molecular weight excluding hydrogens is 230 g/mol. The summed E-state index contributed by atoms with van der Waals surface area (Å²) in [5.74, 6) is 0.720. The highest BCUT2D eigenvalue weighted by Gasteiger charge is 2.28. The Balaban J connectivity index is 2.45. The van der Waals surface area contributed by atoms with E-state index in [1.54, 1.807) is 6.92 Å². The summed E-state index contributed by atoms with van der Waals surface area (Å²) in [5, 5.41) is 21.3. The van der Waals surface area contributed by atoms with Gasteiger partial charge >= 0.3 is 0 Å². The lowest BCUT2D eigenvalue weighted by atomic mass is 9.79. The van der Waals surface area contributed by atoms with E-state index >= 15 is 0 Å². The van der Waals surface area contributed by atoms with E-state index in [0.717, 1.165) is 19.3 Å². The summed E-state index contributed by atoms with van der Waals surface area (Å²) in [4.78, 5) is 12.1. The van der Waals surface area contributed by atoms with Crippen molar-refractivity contribution in [3.05, 3.63) is 0 Å². The van der Waals surface area contributed by atoms with Gasteiger partial charge in [-0.25, -0.2) is 0 Å². The highest BCUT2D eigenvalue weighted by molar-refractivity contribution is 5.79. The molecule has 0 aromatic heterocycles. The summed E-state index contributed by atoms with van der Waals surface area (Å²) in [6, 6.07) is -0.538. The van der Waals surface area contributed by atoms with Crippen LogP contribution in [0.5, 0.6) is 0 Å². The van der Waals surface area contributed by atoms with E-state index in [1.165, 1.54) is 19.3 Å². The van der Waals surface area contributed by atoms with Crippen molar-refractivity contribution in [3.8, 4) is 0 Å². The standard InChI is InChI=1S/C14H27NO3/c1-3-5-11-6-4-7-12(8-11)14(18)15-13(9-16)10(2)17/h10-13,16-17H,3-9H2,1-2H3,(H,15,18)/t10-,11?,12?,13-/m0/s1. The molecular formula is C14H27NO3. The summed E-state index contributed by atoms with van der Waals surface area (Å²) in [7, 11) is 0. The van der Waals surface area contributed by atoms with Gasteiger partial charge < -0.3 is 15.5 Å². The Labute approximate surface area is 110 Å². The lowest BCUT2D eigenvalue weighted by Crippen LogP contribution is -2.47. The molecule has 4 atom stereocenters. The molecule has 1 saturated carbocycles. The number of carbonyl (C=O) groups excluding carboxylic acids is 1. The van der Waals surface area contributed by atoms with Crippen LogP contribution in [0.15, 0.2) is 0 Å². The largest absolute Gasteiger partial charge is 0.394 e. The van der Waals surface area contributed by atoms with E-state index in [0.29, 0.717) is 5.92 Å². The number of nitrogens with one attached hydrogen (secondary N) is 1. The van der Waals surface area contributed by atoms with Crippen molar-refractivity contribution in [1.82, 2.24) is 5.32 Å². The topological polar surface area (TPSA) is 69.6 Å². The lowest BCUT2D eigenvalue weighted by Gasteiger charge is -2.30. The second-order valence-electron chi connectivity index (χ2n) is 5.56. The van der Waals surface area contributed by atoms with Gasteiger partial charge in [-0.2, -0.15) is 0 Å². The SMILES string of the molecule is CCCC1CCCC(C(=O)N[C@@H](CO)[C@H](C)O)C1. The van der Waals surface area contributed by atoms with Gasteiger partial charge in [0.1, 0.15) is 0 Å². The molecule has 0 bridgehead atoms. The summed E-state index contributed by atoms with van der Waals surface area (Å²) in [5.41, 5.74) is 0. The van der Waals surface area contributed by atoms with Crippen LogP contribution in [0.2, 0.25) is 0 Å². The predicted octanol–water partition coefficient (Wildman–Crippen LogP) is 1.45. The Morgan fingerprint density at radius 3 is 2.72 bits per heavy atom. The molecule has 1 fully saturated rings. The summed E-state index contributed by atoms with van der Waals surface area (Å²) in [6.45, 7) is 3.55. The first-order valence-corrected chi connectivity index (χ1v) is 7.17. The van der Waals surface area contributed by atoms with Gasteiger partial charge in [-0.05, 0) is 25.7 Å². The minimum Gasteiger partial charge on any atom is -0.394 e. The van der Waals surface area contributed by atoms with Crippen LogP contribution in [0, 0.1) is 11.8 Å². The maximum atomic E-state index is 12.1. The summed E-state index contributed by atoms with van der Waals surface area (Å²) in [6.07, 6.45) is 5.89. The van der Waals surface area contributed by atoms with Crippen molar-refractivity contribution in [2.24, 2.45) is 11.8 Å². The molecule has 18 heavy (non-hydrogen) atoms. The fraction of sp³-hybridized carbons (Fsp3) is 0.929. The zero-order valence-electron chi connectivity index (χ0n) is 11.6. The van der Waals surface area contributed by atoms with E-state index in [1.807, 2.05) is 0 Å². The monoisotopic (exact) mass is 257 g/mol. The molecule has 0 heterocycles. The number of carbonyl (C=O) groups is 1. The molecule has 4 nitrogen and oxygen atoms in total. The fourth-order valence-corrected chi connectivity index (χ4v) is 2.82. The molecule has 0 aromatic carbocycles. The molecule has 0 radical (unpaired) electrons. The first-order valence-electron chi connectivity index (χ1n) is 7.17. The van der Waals surface area contributed by atoms with Gasteiger partial charge in [-0.3, -0.25) is 4.79 Å². The van der Waals surface area contributed by atoms with Crippen LogP contribution in [0.3, 0.4) is 0 Å². The molecule has 3 N–H and O–H groups in total. The Morgan fingerprint density at radius 2 is 2.17 bits per heavy atom. The van der Waals surface area contributed by atoms with Crippen LogP contribution < -0.4 is 5.32 Å². The molecule has 4 heteroatoms. The molecule has 0 aromatic rings. The Hall–Kier alpha value is -0.610. The molecule has 0 aliphatic heterocycles. The fourth-order valence-electron chi connectivity index (χ4n) is 2.82. The average Bonchev–Trinajstić information content (AvgIpc) is 2.36. The average molecular weight is 257 g/mol. The van der Waals surface area contributed by atoms with Crippen molar-refractivity contribution in [2.45, 2.75) is 64.5 Å². The molecule has 1 aliphatic rings. The quantitative estimate of drug-likeness (QED) is 0.674. The van der Waals surface area contributed by atoms with Crippen molar-refractivity contribution < 1.29 is 15.0 Å². The Bertz CT molecular complexity index is 253. The third kappa shape index (κ3) is 4.58. The van der Waals surface area contributed by atoms with Gasteiger partial charge in [0.25, 0.3) is 0 Å². The second-order valence-corrected chi connectivity index (χ2v) is 5.56. The van der Waals surface area contributed by atoms with Gasteiger partial charge in [0.2, 0.25) is 5.91 Å². The first-order chi connectivity index (χ1) is 8.58. The first kappa shape index (κ1) is 15.4. The van der Waals surface area contributed by atoms with Gasteiger partial charge in [0.15, 0.2) is 0 Å². The third-order valence-corrected chi connectivity index (χ3v) is 3.96. The van der Waals surface area contributed by atoms with Crippen LogP contribution in [-0.4, -0.2) is 34.9 Å². The Morgan fingerprint density at radius 1 is 1.44 bits per heavy atom. The minimum atomic E-state index is -0.714. The minimum absolute atomic E-state index is 0.00393. The number of hydrogen-bond donors (Lipinski definition) is 3. The van der Waals surface area contributed by atoms with E-state index in [2.05, 4.69) is 12.2 Å². The number of amides is 1. The van der Waals surface area contributed by atoms with Gasteiger partial charge in [0, 0.05) is 5.92 Å². The maximum Gasteiger partial charge on any atom is 0.223 e.